The molecule has 0 atom stereocenters. The Morgan fingerprint density at radius 3 is 2.81 bits per heavy atom. The number of hydrogen-bond acceptors (Lipinski definition) is 7. The van der Waals surface area contributed by atoms with Crippen LogP contribution in [0.5, 0.6) is 0 Å². The van der Waals surface area contributed by atoms with Crippen molar-refractivity contribution in [2.75, 3.05) is 43.4 Å². The molecule has 0 fully saturated rings. The average Bonchev–Trinajstić information content (AvgIpc) is 3.24. The van der Waals surface area contributed by atoms with Gasteiger partial charge in [0.1, 0.15) is 11.4 Å². The first-order valence-electron chi connectivity index (χ1n) is 10.3. The van der Waals surface area contributed by atoms with Crippen LogP contribution in [0.2, 0.25) is 0 Å². The highest BCUT2D eigenvalue weighted by atomic mass is 32.2. The summed E-state index contributed by atoms with van der Waals surface area (Å²) in [5.74, 6) is 1.47. The SMILES string of the molecule is CC(C)(C)OC(=O)N(CCO)CCN1CCSc2cc(N=C(N)c3cccs3)ccc21. The Kier molecular flexibility index (Phi) is 7.85. The zero-order valence-corrected chi connectivity index (χ0v) is 19.8. The van der Waals surface area contributed by atoms with Crippen LogP contribution >= 0.6 is 23.1 Å². The number of aliphatic hydroxyl groups is 1. The third kappa shape index (κ3) is 6.62. The lowest BCUT2D eigenvalue weighted by Crippen LogP contribution is -2.43. The lowest BCUT2D eigenvalue weighted by atomic mass is 10.2. The first-order chi connectivity index (χ1) is 14.8. The Hall–Kier alpha value is -2.23. The van der Waals surface area contributed by atoms with E-state index in [4.69, 9.17) is 10.5 Å². The second-order valence-electron chi connectivity index (χ2n) is 8.15. The second-order valence-corrected chi connectivity index (χ2v) is 10.2. The first-order valence-corrected chi connectivity index (χ1v) is 12.1. The third-order valence-electron chi connectivity index (χ3n) is 4.59. The number of benzene rings is 1. The number of carbonyl (C=O) groups is 1. The minimum Gasteiger partial charge on any atom is -0.444 e. The summed E-state index contributed by atoms with van der Waals surface area (Å²) in [7, 11) is 0. The summed E-state index contributed by atoms with van der Waals surface area (Å²) in [6.45, 7) is 7.69. The quantitative estimate of drug-likeness (QED) is 0.479. The smallest absolute Gasteiger partial charge is 0.410 e. The predicted molar refractivity (Wildman–Crippen MR) is 129 cm³/mol. The maximum Gasteiger partial charge on any atom is 0.410 e. The van der Waals surface area contributed by atoms with Crippen LogP contribution in [0.15, 0.2) is 45.6 Å². The maximum absolute atomic E-state index is 12.5. The van der Waals surface area contributed by atoms with E-state index in [9.17, 15) is 9.90 Å². The Bertz CT molecular complexity index is 910. The van der Waals surface area contributed by atoms with Crippen LogP contribution in [0.3, 0.4) is 0 Å². The summed E-state index contributed by atoms with van der Waals surface area (Å²) >= 11 is 3.36. The summed E-state index contributed by atoms with van der Waals surface area (Å²) < 4.78 is 5.47. The summed E-state index contributed by atoms with van der Waals surface area (Å²) in [5, 5.41) is 11.3. The number of thiophene rings is 1. The molecule has 1 aromatic carbocycles. The summed E-state index contributed by atoms with van der Waals surface area (Å²) in [4.78, 5) is 23.0. The van der Waals surface area contributed by atoms with Gasteiger partial charge < -0.3 is 25.4 Å². The number of amides is 1. The molecule has 7 nitrogen and oxygen atoms in total. The van der Waals surface area contributed by atoms with Gasteiger partial charge in [0, 0.05) is 36.8 Å². The topological polar surface area (TPSA) is 91.4 Å². The van der Waals surface area contributed by atoms with E-state index in [1.165, 1.54) is 0 Å². The number of ether oxygens (including phenoxy) is 1. The number of rotatable bonds is 7. The number of carbonyl (C=O) groups excluding carboxylic acids is 1. The number of aliphatic hydroxyl groups excluding tert-OH is 1. The summed E-state index contributed by atoms with van der Waals surface area (Å²) in [5.41, 5.74) is 7.51. The van der Waals surface area contributed by atoms with Crippen molar-refractivity contribution in [3.63, 3.8) is 0 Å². The fourth-order valence-electron chi connectivity index (χ4n) is 3.17. The van der Waals surface area contributed by atoms with Crippen LogP contribution in [0.25, 0.3) is 0 Å². The first kappa shape index (κ1) is 23.4. The van der Waals surface area contributed by atoms with Crippen molar-refractivity contribution < 1.29 is 14.6 Å². The molecular formula is C22H30N4O3S2. The fourth-order valence-corrected chi connectivity index (χ4v) is 4.88. The average molecular weight is 463 g/mol. The monoisotopic (exact) mass is 462 g/mol. The van der Waals surface area contributed by atoms with Crippen LogP contribution in [0.1, 0.15) is 25.6 Å². The predicted octanol–water partition coefficient (Wildman–Crippen LogP) is 3.93. The van der Waals surface area contributed by atoms with Gasteiger partial charge in [-0.05, 0) is 50.4 Å². The van der Waals surface area contributed by atoms with Crippen molar-refractivity contribution >= 4 is 46.4 Å². The van der Waals surface area contributed by atoms with Crippen molar-refractivity contribution in [2.24, 2.45) is 10.7 Å². The van der Waals surface area contributed by atoms with E-state index in [1.54, 1.807) is 28.0 Å². The van der Waals surface area contributed by atoms with E-state index in [0.29, 0.717) is 18.9 Å². The Morgan fingerprint density at radius 2 is 2.13 bits per heavy atom. The molecule has 1 aliphatic rings. The number of nitrogens with two attached hydrogens (primary N) is 1. The highest BCUT2D eigenvalue weighted by Crippen LogP contribution is 2.37. The number of amidine groups is 1. The minimum atomic E-state index is -0.568. The molecule has 9 heteroatoms. The normalized spacial score (nSPS) is 14.3. The van der Waals surface area contributed by atoms with Gasteiger partial charge >= 0.3 is 6.09 Å². The standard InChI is InChI=1S/C22H30N4O3S2/c1-22(2,3)29-21(28)26(10-12-27)9-8-25-11-14-31-19-15-16(6-7-17(19)25)24-20(23)18-5-4-13-30-18/h4-7,13,15,27H,8-12,14H2,1-3H3,(H2,23,24). The number of thioether (sulfide) groups is 1. The molecule has 3 rings (SSSR count). The van der Waals surface area contributed by atoms with Gasteiger partial charge in [-0.2, -0.15) is 0 Å². The molecule has 3 N–H and O–H groups in total. The molecule has 31 heavy (non-hydrogen) atoms. The molecule has 168 valence electrons. The van der Waals surface area contributed by atoms with Crippen molar-refractivity contribution in [3.8, 4) is 0 Å². The molecular weight excluding hydrogens is 432 g/mol. The number of fused-ring (bicyclic) bond motifs is 1. The van der Waals surface area contributed by atoms with Gasteiger partial charge in [-0.25, -0.2) is 9.79 Å². The van der Waals surface area contributed by atoms with Gasteiger partial charge in [-0.3, -0.25) is 0 Å². The molecule has 1 amide bonds. The lowest BCUT2D eigenvalue weighted by molar-refractivity contribution is 0.0224. The molecule has 0 saturated heterocycles. The van der Waals surface area contributed by atoms with E-state index < -0.39 is 11.7 Å². The van der Waals surface area contributed by atoms with Gasteiger partial charge in [-0.1, -0.05) is 6.07 Å². The summed E-state index contributed by atoms with van der Waals surface area (Å²) in [6.07, 6.45) is -0.401. The van der Waals surface area contributed by atoms with Crippen molar-refractivity contribution in [3.05, 3.63) is 40.6 Å². The van der Waals surface area contributed by atoms with Gasteiger partial charge in [-0.15, -0.1) is 23.1 Å². The van der Waals surface area contributed by atoms with Crippen LogP contribution in [0.4, 0.5) is 16.2 Å². The lowest BCUT2D eigenvalue weighted by Gasteiger charge is -2.33. The largest absolute Gasteiger partial charge is 0.444 e. The van der Waals surface area contributed by atoms with Crippen molar-refractivity contribution in [1.29, 1.82) is 0 Å². The van der Waals surface area contributed by atoms with Crippen LogP contribution in [0, 0.1) is 0 Å². The molecule has 0 aliphatic carbocycles. The Balaban J connectivity index is 1.69. The zero-order chi connectivity index (χ0) is 22.4. The minimum absolute atomic E-state index is 0.0985. The molecule has 0 spiro atoms. The van der Waals surface area contributed by atoms with E-state index in [0.717, 1.165) is 33.4 Å². The maximum atomic E-state index is 12.5. The molecule has 2 heterocycles. The molecule has 0 bridgehead atoms. The third-order valence-corrected chi connectivity index (χ3v) is 6.50. The highest BCUT2D eigenvalue weighted by Gasteiger charge is 2.24. The van der Waals surface area contributed by atoms with E-state index in [-0.39, 0.29) is 13.2 Å². The number of anilines is 1. The van der Waals surface area contributed by atoms with Crippen LogP contribution in [-0.2, 0) is 4.74 Å². The van der Waals surface area contributed by atoms with Crippen LogP contribution in [-0.4, -0.2) is 66.1 Å². The van der Waals surface area contributed by atoms with Gasteiger partial charge in [0.25, 0.3) is 0 Å². The number of hydrogen-bond donors (Lipinski definition) is 2. The Morgan fingerprint density at radius 1 is 1.32 bits per heavy atom. The molecule has 1 aliphatic heterocycles. The second kappa shape index (κ2) is 10.4. The fraction of sp³-hybridized carbons (Fsp3) is 0.455. The van der Waals surface area contributed by atoms with Gasteiger partial charge in [0.2, 0.25) is 0 Å². The van der Waals surface area contributed by atoms with Crippen molar-refractivity contribution in [1.82, 2.24) is 4.90 Å². The molecule has 1 aromatic heterocycles. The molecule has 0 radical (unpaired) electrons. The number of aliphatic imine (C=N–C) groups is 1. The van der Waals surface area contributed by atoms with Crippen LogP contribution < -0.4 is 10.6 Å². The molecule has 0 saturated carbocycles. The number of nitrogens with zero attached hydrogens (tertiary/aromatic N) is 3. The Labute approximate surface area is 191 Å². The van der Waals surface area contributed by atoms with E-state index >= 15 is 0 Å². The zero-order valence-electron chi connectivity index (χ0n) is 18.2. The molecule has 0 unspecified atom stereocenters. The van der Waals surface area contributed by atoms with Gasteiger partial charge in [0.05, 0.1) is 22.9 Å². The molecule has 2 aromatic rings. The van der Waals surface area contributed by atoms with Crippen molar-refractivity contribution in [2.45, 2.75) is 31.3 Å². The summed E-state index contributed by atoms with van der Waals surface area (Å²) in [6, 6.07) is 10.0. The highest BCUT2D eigenvalue weighted by molar-refractivity contribution is 7.99. The van der Waals surface area contributed by atoms with Gasteiger partial charge in [0.15, 0.2) is 0 Å². The van der Waals surface area contributed by atoms with E-state index in [1.807, 2.05) is 44.4 Å². The van der Waals surface area contributed by atoms with E-state index in [2.05, 4.69) is 22.0 Å².